The van der Waals surface area contributed by atoms with Gasteiger partial charge in [0.05, 0.1) is 56.8 Å². The predicted molar refractivity (Wildman–Crippen MR) is 182 cm³/mol. The van der Waals surface area contributed by atoms with E-state index in [1.54, 1.807) is 7.11 Å². The zero-order valence-electron chi connectivity index (χ0n) is 30.3. The van der Waals surface area contributed by atoms with E-state index >= 15 is 0 Å². The van der Waals surface area contributed by atoms with Crippen LogP contribution in [0.1, 0.15) is 87.0 Å². The number of carbonyl (C=O) groups is 1. The van der Waals surface area contributed by atoms with Crippen LogP contribution >= 0.6 is 0 Å². The Morgan fingerprint density at radius 3 is 2.16 bits per heavy atom. The fourth-order valence-electron chi connectivity index (χ4n) is 5.84. The Morgan fingerprint density at radius 1 is 1.02 bits per heavy atom. The third-order valence-corrected chi connectivity index (χ3v) is 19.9. The van der Waals surface area contributed by atoms with Crippen molar-refractivity contribution in [1.82, 2.24) is 0 Å². The Hall–Kier alpha value is -0.596. The number of hydrogen-bond acceptors (Lipinski definition) is 8. The molecule has 8 atom stereocenters. The normalized spacial score (nSPS) is 29.6. The highest BCUT2D eigenvalue weighted by atomic mass is 28.4. The molecule has 8 nitrogen and oxygen atoms in total. The van der Waals surface area contributed by atoms with Gasteiger partial charge in [0.15, 0.2) is 16.6 Å². The molecule has 0 aromatic heterocycles. The number of aliphatic hydroxyl groups is 1. The number of ether oxygens (including phenoxy) is 4. The molecule has 44 heavy (non-hydrogen) atoms. The number of rotatable bonds is 15. The van der Waals surface area contributed by atoms with Gasteiger partial charge in [0.2, 0.25) is 0 Å². The minimum atomic E-state index is -2.14. The molecule has 0 aliphatic carbocycles. The fraction of sp³-hybridized carbons (Fsp3) is 0.912. The van der Waals surface area contributed by atoms with Gasteiger partial charge in [-0.1, -0.05) is 55.0 Å². The van der Waals surface area contributed by atoms with E-state index in [1.807, 2.05) is 0 Å². The molecule has 0 radical (unpaired) electrons. The van der Waals surface area contributed by atoms with Crippen molar-refractivity contribution < 1.29 is 37.7 Å². The molecule has 2 saturated heterocycles. The lowest BCUT2D eigenvalue weighted by molar-refractivity contribution is -0.143. The van der Waals surface area contributed by atoms with Crippen LogP contribution in [0.5, 0.6) is 0 Å². The zero-order chi connectivity index (χ0) is 33.7. The number of methoxy groups -OCH3 is 2. The smallest absolute Gasteiger partial charge is 0.305 e. The summed E-state index contributed by atoms with van der Waals surface area (Å²) < 4.78 is 38.4. The van der Waals surface area contributed by atoms with Crippen LogP contribution < -0.4 is 0 Å². The van der Waals surface area contributed by atoms with Gasteiger partial charge in [0.25, 0.3) is 0 Å². The number of carbonyl (C=O) groups excluding carboxylic acids is 1. The lowest BCUT2D eigenvalue weighted by Crippen LogP contribution is -2.49. The summed E-state index contributed by atoms with van der Waals surface area (Å²) in [6, 6.07) is 0. The van der Waals surface area contributed by atoms with E-state index < -0.39 is 16.6 Å². The van der Waals surface area contributed by atoms with E-state index in [0.29, 0.717) is 31.8 Å². The lowest BCUT2D eigenvalue weighted by atomic mass is 9.82. The van der Waals surface area contributed by atoms with Crippen LogP contribution in [0.2, 0.25) is 36.3 Å². The van der Waals surface area contributed by atoms with Gasteiger partial charge in [-0.3, -0.25) is 4.79 Å². The van der Waals surface area contributed by atoms with Crippen molar-refractivity contribution in [1.29, 1.82) is 0 Å². The van der Waals surface area contributed by atoms with Gasteiger partial charge in [-0.15, -0.1) is 0 Å². The first kappa shape index (κ1) is 39.6. The van der Waals surface area contributed by atoms with E-state index in [9.17, 15) is 9.90 Å². The first-order valence-electron chi connectivity index (χ1n) is 16.7. The summed E-state index contributed by atoms with van der Waals surface area (Å²) in [4.78, 5) is 12.6. The molecule has 0 saturated carbocycles. The summed E-state index contributed by atoms with van der Waals surface area (Å²) in [5.74, 6) is -0.169. The van der Waals surface area contributed by atoms with E-state index in [4.69, 9.17) is 27.8 Å². The first-order chi connectivity index (χ1) is 20.2. The van der Waals surface area contributed by atoms with Gasteiger partial charge in [0, 0.05) is 32.5 Å². The molecule has 0 unspecified atom stereocenters. The number of aliphatic hydroxyl groups excluding tert-OH is 1. The average molecular weight is 659 g/mol. The summed E-state index contributed by atoms with van der Waals surface area (Å²) in [6.07, 6.45) is 2.66. The van der Waals surface area contributed by atoms with E-state index in [-0.39, 0.29) is 71.6 Å². The van der Waals surface area contributed by atoms with Crippen molar-refractivity contribution >= 4 is 22.6 Å². The average Bonchev–Trinajstić information content (AvgIpc) is 3.21. The highest BCUT2D eigenvalue weighted by Crippen LogP contribution is 2.43. The highest BCUT2D eigenvalue weighted by Gasteiger charge is 2.49. The van der Waals surface area contributed by atoms with Crippen LogP contribution in [-0.2, 0) is 32.6 Å². The Morgan fingerprint density at radius 2 is 1.64 bits per heavy atom. The van der Waals surface area contributed by atoms with E-state index in [0.717, 1.165) is 18.4 Å². The van der Waals surface area contributed by atoms with Crippen molar-refractivity contribution in [3.63, 3.8) is 0 Å². The summed E-state index contributed by atoms with van der Waals surface area (Å²) in [6.45, 7) is 29.9. The zero-order valence-corrected chi connectivity index (χ0v) is 32.3. The van der Waals surface area contributed by atoms with Crippen molar-refractivity contribution in [2.45, 2.75) is 160 Å². The summed E-state index contributed by atoms with van der Waals surface area (Å²) in [7, 11) is -1.03. The molecule has 0 aromatic rings. The van der Waals surface area contributed by atoms with E-state index in [2.05, 4.69) is 81.2 Å². The molecule has 2 aliphatic heterocycles. The predicted octanol–water partition coefficient (Wildman–Crippen LogP) is 7.26. The highest BCUT2D eigenvalue weighted by molar-refractivity contribution is 6.74. The minimum absolute atomic E-state index is 0.0390. The van der Waals surface area contributed by atoms with Crippen LogP contribution in [0.3, 0.4) is 0 Å². The molecule has 0 bridgehead atoms. The van der Waals surface area contributed by atoms with Crippen LogP contribution in [0.15, 0.2) is 12.2 Å². The minimum Gasteiger partial charge on any atom is -0.469 e. The quantitative estimate of drug-likeness (QED) is 0.112. The van der Waals surface area contributed by atoms with Gasteiger partial charge in [0.1, 0.15) is 0 Å². The molecule has 1 N–H and O–H groups in total. The topological polar surface area (TPSA) is 92.7 Å². The standard InChI is InChI=1S/C34H66O8Si2/c1-23-18-25(16-15-17-35)40-28(24(23)2)21-29-27(20-31(36)37-9)32(38-10)30(41-29)19-26(42-44(13,14)34(6,7)8)22-39-43(11,12)33(3,4)5/h23,25-30,32,35H,2,15-22H2,1,3-14H3/t23-,25+,26+,27+,28-,29+,30-,32-/m1/s1. The second-order valence-corrected chi connectivity index (χ2v) is 25.8. The van der Waals surface area contributed by atoms with Gasteiger partial charge in [-0.25, -0.2) is 0 Å². The molecule has 2 aliphatic rings. The van der Waals surface area contributed by atoms with Crippen LogP contribution in [-0.4, -0.2) is 91.8 Å². The molecule has 0 spiro atoms. The summed E-state index contributed by atoms with van der Waals surface area (Å²) >= 11 is 0. The van der Waals surface area contributed by atoms with Gasteiger partial charge < -0.3 is 32.9 Å². The second-order valence-electron chi connectivity index (χ2n) is 16.2. The van der Waals surface area contributed by atoms with E-state index in [1.165, 1.54) is 7.11 Å². The fourth-order valence-corrected chi connectivity index (χ4v) is 8.23. The van der Waals surface area contributed by atoms with Crippen LogP contribution in [0.4, 0.5) is 0 Å². The van der Waals surface area contributed by atoms with Crippen LogP contribution in [0, 0.1) is 11.8 Å². The summed E-state index contributed by atoms with van der Waals surface area (Å²) in [5, 5.41) is 9.50. The van der Waals surface area contributed by atoms with Crippen molar-refractivity contribution in [3.8, 4) is 0 Å². The molecule has 2 rings (SSSR count). The van der Waals surface area contributed by atoms with Gasteiger partial charge in [-0.05, 0) is 67.0 Å². The second kappa shape index (κ2) is 16.0. The van der Waals surface area contributed by atoms with Gasteiger partial charge >= 0.3 is 5.97 Å². The van der Waals surface area contributed by atoms with Crippen molar-refractivity contribution in [2.75, 3.05) is 27.4 Å². The Labute approximate surface area is 271 Å². The number of esters is 1. The molecule has 2 heterocycles. The van der Waals surface area contributed by atoms with Crippen LogP contribution in [0.25, 0.3) is 0 Å². The number of hydrogen-bond donors (Lipinski definition) is 1. The van der Waals surface area contributed by atoms with Gasteiger partial charge in [-0.2, -0.15) is 0 Å². The Kier molecular flexibility index (Phi) is 14.4. The maximum Gasteiger partial charge on any atom is 0.305 e. The maximum absolute atomic E-state index is 12.6. The van der Waals surface area contributed by atoms with Crippen molar-refractivity contribution in [2.24, 2.45) is 11.8 Å². The van der Waals surface area contributed by atoms with Crippen molar-refractivity contribution in [3.05, 3.63) is 12.2 Å². The monoisotopic (exact) mass is 658 g/mol. The largest absolute Gasteiger partial charge is 0.469 e. The summed E-state index contributed by atoms with van der Waals surface area (Å²) in [5.41, 5.74) is 1.06. The maximum atomic E-state index is 12.6. The molecule has 10 heteroatoms. The molecular weight excluding hydrogens is 593 g/mol. The lowest BCUT2D eigenvalue weighted by Gasteiger charge is -2.42. The molecule has 0 amide bonds. The third kappa shape index (κ3) is 10.5. The SMILES string of the molecule is C=C1[C@H](C)C[C@H](CCCO)O[C@@H]1C[C@@H]1O[C@H](C[C@@H](CO[Si](C)(C)C(C)(C)C)O[Si](C)(C)C(C)(C)C)[C@H](OC)[C@H]1CC(=O)OC. The molecular formula is C34H66O8Si2. The third-order valence-electron chi connectivity index (χ3n) is 10.9. The molecule has 2 fully saturated rings. The Bertz CT molecular complexity index is 925. The Balaban J connectivity index is 2.36. The first-order valence-corrected chi connectivity index (χ1v) is 22.5. The molecule has 0 aromatic carbocycles. The molecule has 258 valence electrons.